The summed E-state index contributed by atoms with van der Waals surface area (Å²) >= 11 is 1.21. The van der Waals surface area contributed by atoms with Crippen molar-refractivity contribution >= 4 is 34.7 Å². The van der Waals surface area contributed by atoms with Gasteiger partial charge in [0.1, 0.15) is 5.75 Å². The minimum atomic E-state index is -0.969. The van der Waals surface area contributed by atoms with Gasteiger partial charge in [-0.2, -0.15) is 0 Å². The van der Waals surface area contributed by atoms with Gasteiger partial charge in [-0.25, -0.2) is 4.98 Å². The lowest BCUT2D eigenvalue weighted by atomic mass is 9.94. The van der Waals surface area contributed by atoms with Gasteiger partial charge < -0.3 is 14.9 Å². The number of benzene rings is 2. The van der Waals surface area contributed by atoms with E-state index in [-0.39, 0.29) is 12.0 Å². The van der Waals surface area contributed by atoms with E-state index in [4.69, 9.17) is 9.84 Å². The van der Waals surface area contributed by atoms with E-state index < -0.39 is 29.5 Å². The molecule has 1 amide bonds. The van der Waals surface area contributed by atoms with E-state index in [1.807, 2.05) is 0 Å². The standard InChI is InChI=1S/C25H22N2O6S/c1-13-24(34-14(2)26-13)22(30)20-21(16-6-10-18(33-3)11-7-16)27(25(32)23(20)31)17-8-4-15(5-9-17)12-19(28)29/h4-11,21,31H,12H2,1-3H3,(H,28,29). The summed E-state index contributed by atoms with van der Waals surface area (Å²) in [5, 5.41) is 20.6. The van der Waals surface area contributed by atoms with Gasteiger partial charge in [0.15, 0.2) is 5.76 Å². The van der Waals surface area contributed by atoms with Crippen LogP contribution in [0.25, 0.3) is 0 Å². The molecular formula is C25H22N2O6S. The summed E-state index contributed by atoms with van der Waals surface area (Å²) in [6.45, 7) is 3.50. The number of aliphatic hydroxyl groups is 1. The van der Waals surface area contributed by atoms with Crippen molar-refractivity contribution in [1.29, 1.82) is 0 Å². The number of anilines is 1. The molecule has 2 heterocycles. The molecule has 1 aromatic heterocycles. The Hall–Kier alpha value is -3.98. The number of nitrogens with zero attached hydrogens (tertiary/aromatic N) is 2. The molecule has 4 rings (SSSR count). The van der Waals surface area contributed by atoms with Crippen LogP contribution in [0.1, 0.15) is 37.5 Å². The van der Waals surface area contributed by atoms with Crippen molar-refractivity contribution in [3.63, 3.8) is 0 Å². The Morgan fingerprint density at radius 3 is 2.26 bits per heavy atom. The van der Waals surface area contributed by atoms with Gasteiger partial charge in [0.25, 0.3) is 5.91 Å². The van der Waals surface area contributed by atoms with Crippen LogP contribution < -0.4 is 9.64 Å². The number of carbonyl (C=O) groups is 3. The maximum Gasteiger partial charge on any atom is 0.307 e. The van der Waals surface area contributed by atoms with Crippen LogP contribution in [0.15, 0.2) is 59.9 Å². The normalized spacial score (nSPS) is 15.7. The first-order valence-corrected chi connectivity index (χ1v) is 11.2. The van der Waals surface area contributed by atoms with Crippen molar-refractivity contribution in [3.8, 4) is 5.75 Å². The molecule has 0 radical (unpaired) electrons. The second-order valence-electron chi connectivity index (χ2n) is 7.83. The molecule has 1 aliphatic rings. The summed E-state index contributed by atoms with van der Waals surface area (Å²) in [5.41, 5.74) is 2.09. The lowest BCUT2D eigenvalue weighted by Gasteiger charge is -2.27. The highest BCUT2D eigenvalue weighted by Crippen LogP contribution is 2.43. The van der Waals surface area contributed by atoms with E-state index in [1.165, 1.54) is 23.3 Å². The quantitative estimate of drug-likeness (QED) is 0.489. The van der Waals surface area contributed by atoms with Crippen LogP contribution in [0.3, 0.4) is 0 Å². The number of carbonyl (C=O) groups excluding carboxylic acids is 2. The molecule has 0 bridgehead atoms. The summed E-state index contributed by atoms with van der Waals surface area (Å²) in [4.78, 5) is 43.9. The monoisotopic (exact) mass is 478 g/mol. The minimum absolute atomic E-state index is 0.0310. The van der Waals surface area contributed by atoms with Crippen LogP contribution in [0, 0.1) is 13.8 Å². The number of hydrogen-bond donors (Lipinski definition) is 2. The molecule has 0 spiro atoms. The Bertz CT molecular complexity index is 1310. The number of Topliss-reactive ketones (excluding diaryl/α,β-unsaturated/α-hetero) is 1. The highest BCUT2D eigenvalue weighted by atomic mass is 32.1. The number of aryl methyl sites for hydroxylation is 2. The molecule has 1 atom stereocenters. The molecule has 2 aromatic carbocycles. The number of amides is 1. The molecule has 1 aliphatic heterocycles. The van der Waals surface area contributed by atoms with Crippen molar-refractivity contribution < 1.29 is 29.3 Å². The predicted molar refractivity (Wildman–Crippen MR) is 127 cm³/mol. The van der Waals surface area contributed by atoms with Gasteiger partial charge in [0, 0.05) is 5.69 Å². The third-order valence-corrected chi connectivity index (χ3v) is 6.64. The molecule has 2 N–H and O–H groups in total. The molecule has 0 saturated carbocycles. The van der Waals surface area contributed by atoms with Crippen molar-refractivity contribution in [2.45, 2.75) is 26.3 Å². The highest BCUT2D eigenvalue weighted by molar-refractivity contribution is 7.14. The molecule has 0 saturated heterocycles. The summed E-state index contributed by atoms with van der Waals surface area (Å²) < 4.78 is 5.23. The van der Waals surface area contributed by atoms with E-state index in [0.29, 0.717) is 38.1 Å². The molecule has 3 aromatic rings. The number of hydrogen-bond acceptors (Lipinski definition) is 7. The maximum atomic E-state index is 13.6. The largest absolute Gasteiger partial charge is 0.503 e. The first kappa shape index (κ1) is 23.2. The van der Waals surface area contributed by atoms with Crippen molar-refractivity contribution in [1.82, 2.24) is 4.98 Å². The van der Waals surface area contributed by atoms with E-state index in [9.17, 15) is 19.5 Å². The number of carboxylic acid groups (broad SMARTS) is 1. The first-order chi connectivity index (χ1) is 16.2. The van der Waals surface area contributed by atoms with E-state index in [2.05, 4.69) is 4.98 Å². The number of aliphatic carboxylic acids is 1. The Kier molecular flexibility index (Phi) is 6.21. The van der Waals surface area contributed by atoms with Crippen LogP contribution in [-0.2, 0) is 16.0 Å². The second-order valence-corrected chi connectivity index (χ2v) is 9.03. The Morgan fingerprint density at radius 1 is 1.09 bits per heavy atom. The SMILES string of the molecule is COc1ccc(C2C(C(=O)c3sc(C)nc3C)=C(O)C(=O)N2c2ccc(CC(=O)O)cc2)cc1. The molecule has 1 unspecified atom stereocenters. The number of carboxylic acids is 1. The highest BCUT2D eigenvalue weighted by Gasteiger charge is 2.45. The van der Waals surface area contributed by atoms with Crippen LogP contribution >= 0.6 is 11.3 Å². The number of rotatable bonds is 7. The first-order valence-electron chi connectivity index (χ1n) is 10.4. The molecule has 0 fully saturated rings. The predicted octanol–water partition coefficient (Wildman–Crippen LogP) is 4.18. The molecule has 8 nitrogen and oxygen atoms in total. The van der Waals surface area contributed by atoms with Gasteiger partial charge in [-0.05, 0) is 49.2 Å². The van der Waals surface area contributed by atoms with E-state index >= 15 is 0 Å². The fourth-order valence-electron chi connectivity index (χ4n) is 4.02. The molecular weight excluding hydrogens is 456 g/mol. The Labute approximate surface area is 199 Å². The smallest absolute Gasteiger partial charge is 0.307 e. The van der Waals surface area contributed by atoms with Gasteiger partial charge in [-0.15, -0.1) is 11.3 Å². The van der Waals surface area contributed by atoms with Gasteiger partial charge in [-0.1, -0.05) is 24.3 Å². The minimum Gasteiger partial charge on any atom is -0.503 e. The fraction of sp³-hybridized carbons (Fsp3) is 0.200. The number of methoxy groups -OCH3 is 1. The lowest BCUT2D eigenvalue weighted by Crippen LogP contribution is -2.31. The topological polar surface area (TPSA) is 117 Å². The van der Waals surface area contributed by atoms with Gasteiger partial charge in [0.2, 0.25) is 5.78 Å². The van der Waals surface area contributed by atoms with Crippen LogP contribution in [-0.4, -0.2) is 40.0 Å². The molecule has 9 heteroatoms. The third kappa shape index (κ3) is 4.17. The second kappa shape index (κ2) is 9.11. The average Bonchev–Trinajstić information content (AvgIpc) is 3.29. The van der Waals surface area contributed by atoms with Crippen molar-refractivity contribution in [2.24, 2.45) is 0 Å². The van der Waals surface area contributed by atoms with Crippen LogP contribution in [0.4, 0.5) is 5.69 Å². The number of ketones is 1. The number of thiazole rings is 1. The molecule has 0 aliphatic carbocycles. The van der Waals surface area contributed by atoms with Crippen LogP contribution in [0.5, 0.6) is 5.75 Å². The fourth-order valence-corrected chi connectivity index (χ4v) is 4.89. The Balaban J connectivity index is 1.83. The van der Waals surface area contributed by atoms with Crippen molar-refractivity contribution in [3.05, 3.63) is 86.6 Å². The summed E-state index contributed by atoms with van der Waals surface area (Å²) in [5.74, 6) is -2.16. The zero-order valence-corrected chi connectivity index (χ0v) is 19.5. The number of aliphatic hydroxyl groups excluding tert-OH is 1. The third-order valence-electron chi connectivity index (χ3n) is 5.56. The summed E-state index contributed by atoms with van der Waals surface area (Å²) in [7, 11) is 1.54. The van der Waals surface area contributed by atoms with Gasteiger partial charge >= 0.3 is 5.97 Å². The molecule has 34 heavy (non-hydrogen) atoms. The maximum absolute atomic E-state index is 13.6. The zero-order chi connectivity index (χ0) is 24.6. The zero-order valence-electron chi connectivity index (χ0n) is 18.7. The number of ether oxygens (including phenoxy) is 1. The average molecular weight is 479 g/mol. The van der Waals surface area contributed by atoms with Crippen molar-refractivity contribution in [2.75, 3.05) is 12.0 Å². The number of aromatic nitrogens is 1. The Morgan fingerprint density at radius 2 is 1.74 bits per heavy atom. The van der Waals surface area contributed by atoms with Gasteiger partial charge in [0.05, 0.1) is 40.7 Å². The van der Waals surface area contributed by atoms with E-state index in [1.54, 1.807) is 62.4 Å². The molecule has 174 valence electrons. The van der Waals surface area contributed by atoms with Crippen LogP contribution in [0.2, 0.25) is 0 Å². The van der Waals surface area contributed by atoms with E-state index in [0.717, 1.165) is 0 Å². The summed E-state index contributed by atoms with van der Waals surface area (Å²) in [6, 6.07) is 12.4. The lowest BCUT2D eigenvalue weighted by molar-refractivity contribution is -0.136. The summed E-state index contributed by atoms with van der Waals surface area (Å²) in [6.07, 6.45) is -0.159. The van der Waals surface area contributed by atoms with Gasteiger partial charge in [-0.3, -0.25) is 19.3 Å².